The first kappa shape index (κ1) is 70.8. The molecule has 74 heavy (non-hydrogen) atoms. The van der Waals surface area contributed by atoms with Crippen LogP contribution in [0.5, 0.6) is 0 Å². The molecule has 0 saturated heterocycles. The van der Waals surface area contributed by atoms with E-state index in [1.807, 2.05) is 0 Å². The maximum Gasteiger partial charge on any atom is 0.306 e. The Morgan fingerprint density at radius 2 is 0.527 bits per heavy atom. The number of hydrogen-bond donors (Lipinski definition) is 0. The van der Waals surface area contributed by atoms with Crippen molar-refractivity contribution in [2.24, 2.45) is 0 Å². The predicted octanol–water partition coefficient (Wildman–Crippen LogP) is 21.7. The molecule has 6 nitrogen and oxygen atoms in total. The van der Waals surface area contributed by atoms with Gasteiger partial charge in [-0.05, 0) is 109 Å². The van der Waals surface area contributed by atoms with Crippen LogP contribution in [0.1, 0.15) is 323 Å². The molecule has 0 bridgehead atoms. The third kappa shape index (κ3) is 59.7. The van der Waals surface area contributed by atoms with E-state index in [4.69, 9.17) is 14.2 Å². The van der Waals surface area contributed by atoms with Gasteiger partial charge in [0.2, 0.25) is 0 Å². The van der Waals surface area contributed by atoms with Crippen LogP contribution in [-0.4, -0.2) is 37.2 Å². The summed E-state index contributed by atoms with van der Waals surface area (Å²) in [5, 5.41) is 0. The van der Waals surface area contributed by atoms with Gasteiger partial charge in [0, 0.05) is 19.3 Å². The van der Waals surface area contributed by atoms with Crippen LogP contribution < -0.4 is 0 Å². The van der Waals surface area contributed by atoms with Crippen LogP contribution in [0.2, 0.25) is 0 Å². The predicted molar refractivity (Wildman–Crippen MR) is 321 cm³/mol. The van der Waals surface area contributed by atoms with E-state index >= 15 is 0 Å². The highest BCUT2D eigenvalue weighted by molar-refractivity contribution is 5.71. The molecule has 428 valence electrons. The monoisotopic (exact) mass is 1030 g/mol. The van der Waals surface area contributed by atoms with E-state index in [-0.39, 0.29) is 37.5 Å². The number of unbranched alkanes of at least 4 members (excludes halogenated alkanes) is 35. The normalized spacial score (nSPS) is 12.5. The molecule has 1 unspecified atom stereocenters. The second-order valence-electron chi connectivity index (χ2n) is 21.3. The molecule has 0 radical (unpaired) electrons. The maximum absolute atomic E-state index is 12.9. The lowest BCUT2D eigenvalue weighted by molar-refractivity contribution is -0.167. The molecule has 0 aromatic heterocycles. The molecule has 0 rings (SSSR count). The fraction of sp³-hybridized carbons (Fsp3) is 0.779. The van der Waals surface area contributed by atoms with Gasteiger partial charge in [0.1, 0.15) is 13.2 Å². The molecule has 0 fully saturated rings. The fourth-order valence-electron chi connectivity index (χ4n) is 9.13. The number of ether oxygens (including phenoxy) is 3. The zero-order chi connectivity index (χ0) is 53.6. The molecule has 0 aromatic rings. The molecular weight excluding hydrogens is 913 g/mol. The number of esters is 3. The van der Waals surface area contributed by atoms with Crippen molar-refractivity contribution in [3.63, 3.8) is 0 Å². The van der Waals surface area contributed by atoms with Crippen LogP contribution in [0.4, 0.5) is 0 Å². The molecule has 6 heteroatoms. The van der Waals surface area contributed by atoms with E-state index < -0.39 is 6.10 Å². The minimum Gasteiger partial charge on any atom is -0.462 e. The van der Waals surface area contributed by atoms with Crippen molar-refractivity contribution in [1.82, 2.24) is 0 Å². The van der Waals surface area contributed by atoms with Crippen molar-refractivity contribution >= 4 is 17.9 Å². The Balaban J connectivity index is 4.27. The van der Waals surface area contributed by atoms with Crippen LogP contribution in [0.3, 0.4) is 0 Å². The Morgan fingerprint density at radius 3 is 0.865 bits per heavy atom. The highest BCUT2D eigenvalue weighted by Gasteiger charge is 2.19. The fourth-order valence-corrected chi connectivity index (χ4v) is 9.13. The standard InChI is InChI=1S/C68H120O6/c1-4-7-10-13-16-19-22-25-28-29-30-31-32-33-34-35-36-37-38-39-41-43-46-49-52-55-58-61-67(70)73-64-65(63-72-66(69)60-57-54-51-48-45-42-27-24-21-18-15-12-9-6-3)74-68(71)62-59-56-53-50-47-44-40-26-23-20-17-14-11-8-5-2/h8,11,17,20,24,26-27,29-30,40,47,50,65H,4-7,9-10,12-16,18-19,21-23,25,28,31-39,41-46,48-49,51-64H2,1-3H3/b11-8-,20-17-,27-24-,30-29-,40-26-,50-47-. The zero-order valence-electron chi connectivity index (χ0n) is 49.1. The third-order valence-electron chi connectivity index (χ3n) is 13.9. The van der Waals surface area contributed by atoms with Crippen LogP contribution >= 0.6 is 0 Å². The van der Waals surface area contributed by atoms with Gasteiger partial charge in [-0.1, -0.05) is 267 Å². The molecule has 0 N–H and O–H groups in total. The zero-order valence-corrected chi connectivity index (χ0v) is 49.1. The third-order valence-corrected chi connectivity index (χ3v) is 13.9. The van der Waals surface area contributed by atoms with Gasteiger partial charge in [-0.2, -0.15) is 0 Å². The first-order valence-electron chi connectivity index (χ1n) is 31.9. The van der Waals surface area contributed by atoms with Crippen LogP contribution in [0.25, 0.3) is 0 Å². The SMILES string of the molecule is CC/C=C\C/C=C\C/C=C\C/C=C\CCCCC(=O)OC(COC(=O)CCCCCCC/C=C\CCCCCCC)COC(=O)CCCCCCCCCCCCCCCCC/C=C\CCCCCCCCCC. The Hall–Kier alpha value is -3.15. The number of carbonyl (C=O) groups excluding carboxylic acids is 3. The van der Waals surface area contributed by atoms with E-state index in [9.17, 15) is 14.4 Å². The van der Waals surface area contributed by atoms with E-state index in [0.29, 0.717) is 19.3 Å². The van der Waals surface area contributed by atoms with Crippen molar-refractivity contribution < 1.29 is 28.6 Å². The van der Waals surface area contributed by atoms with Gasteiger partial charge in [-0.25, -0.2) is 0 Å². The van der Waals surface area contributed by atoms with Crippen LogP contribution in [0, 0.1) is 0 Å². The van der Waals surface area contributed by atoms with Gasteiger partial charge < -0.3 is 14.2 Å². The van der Waals surface area contributed by atoms with E-state index in [0.717, 1.165) is 83.5 Å². The second-order valence-corrected chi connectivity index (χ2v) is 21.3. The lowest BCUT2D eigenvalue weighted by atomic mass is 10.0. The minimum atomic E-state index is -0.800. The average Bonchev–Trinajstić information content (AvgIpc) is 3.40. The molecule has 1 atom stereocenters. The van der Waals surface area contributed by atoms with Gasteiger partial charge in [-0.15, -0.1) is 0 Å². The molecule has 0 amide bonds. The maximum atomic E-state index is 12.9. The minimum absolute atomic E-state index is 0.0928. The number of rotatable bonds is 58. The molecule has 0 aromatic carbocycles. The summed E-state index contributed by atoms with van der Waals surface area (Å²) in [6, 6.07) is 0. The smallest absolute Gasteiger partial charge is 0.306 e. The van der Waals surface area contributed by atoms with Gasteiger partial charge in [-0.3, -0.25) is 14.4 Å². The molecule has 0 aliphatic heterocycles. The van der Waals surface area contributed by atoms with E-state index in [1.165, 1.54) is 193 Å². The molecule has 0 spiro atoms. The Bertz CT molecular complexity index is 1370. The summed E-state index contributed by atoms with van der Waals surface area (Å²) in [7, 11) is 0. The number of hydrogen-bond acceptors (Lipinski definition) is 6. The first-order chi connectivity index (χ1) is 36.5. The molecule has 0 saturated carbocycles. The Kier molecular flexibility index (Phi) is 59.7. The highest BCUT2D eigenvalue weighted by Crippen LogP contribution is 2.16. The number of allylic oxidation sites excluding steroid dienone is 12. The van der Waals surface area contributed by atoms with E-state index in [1.54, 1.807) is 0 Å². The summed E-state index contributed by atoms with van der Waals surface area (Å²) in [5.41, 5.74) is 0. The quantitative estimate of drug-likeness (QED) is 0.0261. The molecule has 0 aliphatic rings. The molecule has 0 heterocycles. The Labute approximate surface area is 459 Å². The summed E-state index contributed by atoms with van der Waals surface area (Å²) in [6.07, 6.45) is 80.7. The lowest BCUT2D eigenvalue weighted by Crippen LogP contribution is -2.30. The highest BCUT2D eigenvalue weighted by atomic mass is 16.6. The van der Waals surface area contributed by atoms with Gasteiger partial charge in [0.25, 0.3) is 0 Å². The topological polar surface area (TPSA) is 78.9 Å². The van der Waals surface area contributed by atoms with Crippen molar-refractivity contribution in [1.29, 1.82) is 0 Å². The number of carbonyl (C=O) groups is 3. The molecular formula is C68H120O6. The van der Waals surface area contributed by atoms with Gasteiger partial charge in [0.15, 0.2) is 6.10 Å². The van der Waals surface area contributed by atoms with Crippen LogP contribution in [0.15, 0.2) is 72.9 Å². The second kappa shape index (κ2) is 62.4. The lowest BCUT2D eigenvalue weighted by Gasteiger charge is -2.18. The van der Waals surface area contributed by atoms with Crippen molar-refractivity contribution in [3.05, 3.63) is 72.9 Å². The summed E-state index contributed by atoms with van der Waals surface area (Å²) in [6.45, 7) is 6.51. The van der Waals surface area contributed by atoms with Crippen molar-refractivity contribution in [2.45, 2.75) is 329 Å². The van der Waals surface area contributed by atoms with E-state index in [2.05, 4.69) is 93.7 Å². The summed E-state index contributed by atoms with van der Waals surface area (Å²) >= 11 is 0. The summed E-state index contributed by atoms with van der Waals surface area (Å²) in [4.78, 5) is 38.2. The molecule has 0 aliphatic carbocycles. The van der Waals surface area contributed by atoms with Crippen molar-refractivity contribution in [2.75, 3.05) is 13.2 Å². The summed E-state index contributed by atoms with van der Waals surface area (Å²) < 4.78 is 16.9. The van der Waals surface area contributed by atoms with Crippen LogP contribution in [-0.2, 0) is 28.6 Å². The Morgan fingerprint density at radius 1 is 0.284 bits per heavy atom. The van der Waals surface area contributed by atoms with Gasteiger partial charge in [0.05, 0.1) is 0 Å². The first-order valence-corrected chi connectivity index (χ1v) is 31.9. The van der Waals surface area contributed by atoms with Gasteiger partial charge >= 0.3 is 17.9 Å². The van der Waals surface area contributed by atoms with Crippen molar-refractivity contribution in [3.8, 4) is 0 Å². The average molecular weight is 1030 g/mol. The largest absolute Gasteiger partial charge is 0.462 e. The summed E-state index contributed by atoms with van der Waals surface area (Å²) in [5.74, 6) is -0.931.